The highest BCUT2D eigenvalue weighted by Crippen LogP contribution is 2.17. The van der Waals surface area contributed by atoms with E-state index in [0.29, 0.717) is 11.0 Å². The molecule has 96 valence electrons. The Morgan fingerprint density at radius 2 is 2.17 bits per heavy atom. The minimum atomic E-state index is -3.51. The lowest BCUT2D eigenvalue weighted by Gasteiger charge is -2.05. The number of rotatable bonds is 4. The number of halogens is 1. The topological polar surface area (TPSA) is 59.1 Å². The molecule has 2 rings (SSSR count). The van der Waals surface area contributed by atoms with Crippen molar-refractivity contribution in [2.45, 2.75) is 18.4 Å². The Kier molecular flexibility index (Phi) is 4.16. The van der Waals surface area contributed by atoms with Crippen molar-refractivity contribution in [3.8, 4) is 0 Å². The van der Waals surface area contributed by atoms with E-state index in [1.54, 1.807) is 17.5 Å². The van der Waals surface area contributed by atoms with Crippen LogP contribution in [0.15, 0.2) is 40.0 Å². The molecule has 0 unspecified atom stereocenters. The highest BCUT2D eigenvalue weighted by Gasteiger charge is 2.14. The monoisotopic (exact) mass is 346 g/mol. The van der Waals surface area contributed by atoms with Crippen LogP contribution in [0.3, 0.4) is 0 Å². The Bertz CT molecular complexity index is 653. The molecule has 0 fully saturated rings. The second-order valence-electron chi connectivity index (χ2n) is 3.68. The van der Waals surface area contributed by atoms with Gasteiger partial charge in [0.1, 0.15) is 4.90 Å². The van der Waals surface area contributed by atoms with Gasteiger partial charge in [-0.05, 0) is 41.1 Å². The van der Waals surface area contributed by atoms with E-state index in [1.165, 1.54) is 12.3 Å². The lowest BCUT2D eigenvalue weighted by atomic mass is 10.4. The second kappa shape index (κ2) is 5.48. The molecule has 0 saturated heterocycles. The molecule has 0 saturated carbocycles. The number of aromatic nitrogens is 1. The molecule has 2 heterocycles. The molecule has 0 aliphatic heterocycles. The Balaban J connectivity index is 2.13. The summed E-state index contributed by atoms with van der Waals surface area (Å²) in [6.45, 7) is 2.29. The molecule has 0 aliphatic rings. The minimum Gasteiger partial charge on any atom is -0.262 e. The number of hydrogen-bond acceptors (Lipinski definition) is 4. The molecule has 7 heteroatoms. The van der Waals surface area contributed by atoms with Crippen molar-refractivity contribution < 1.29 is 8.42 Å². The van der Waals surface area contributed by atoms with Crippen LogP contribution in [0.1, 0.15) is 9.75 Å². The van der Waals surface area contributed by atoms with Gasteiger partial charge in [0.05, 0.1) is 0 Å². The van der Waals surface area contributed by atoms with Crippen molar-refractivity contribution in [2.24, 2.45) is 0 Å². The predicted octanol–water partition coefficient (Wildman–Crippen LogP) is 2.69. The normalized spacial score (nSPS) is 11.7. The number of nitrogens with zero attached hydrogens (tertiary/aromatic N) is 1. The second-order valence-corrected chi connectivity index (χ2v) is 7.73. The third-order valence-electron chi connectivity index (χ3n) is 2.22. The first-order valence-corrected chi connectivity index (χ1v) is 8.22. The van der Waals surface area contributed by atoms with Crippen LogP contribution in [0.4, 0.5) is 0 Å². The molecule has 0 amide bonds. The zero-order valence-corrected chi connectivity index (χ0v) is 12.8. The lowest BCUT2D eigenvalue weighted by molar-refractivity contribution is 0.581. The average Bonchev–Trinajstić information content (AvgIpc) is 2.73. The van der Waals surface area contributed by atoms with Crippen molar-refractivity contribution in [1.82, 2.24) is 9.71 Å². The molecule has 1 N–H and O–H groups in total. The summed E-state index contributed by atoms with van der Waals surface area (Å²) in [4.78, 5) is 6.15. The van der Waals surface area contributed by atoms with Crippen molar-refractivity contribution in [3.05, 3.63) is 44.8 Å². The highest BCUT2D eigenvalue weighted by atomic mass is 79.9. The fraction of sp³-hybridized carbons (Fsp3) is 0.182. The van der Waals surface area contributed by atoms with Crippen LogP contribution in [0.5, 0.6) is 0 Å². The van der Waals surface area contributed by atoms with Crippen LogP contribution in [0.2, 0.25) is 0 Å². The maximum Gasteiger partial charge on any atom is 0.242 e. The SMILES string of the molecule is Cc1ccc(CNS(=O)(=O)c2cncc(Br)c2)s1. The molecule has 0 radical (unpaired) electrons. The van der Waals surface area contributed by atoms with Gasteiger partial charge < -0.3 is 0 Å². The number of sulfonamides is 1. The molecular formula is C11H11BrN2O2S2. The van der Waals surface area contributed by atoms with Crippen molar-refractivity contribution in [2.75, 3.05) is 0 Å². The summed E-state index contributed by atoms with van der Waals surface area (Å²) in [6.07, 6.45) is 2.87. The van der Waals surface area contributed by atoms with Gasteiger partial charge in [-0.3, -0.25) is 4.98 Å². The zero-order valence-electron chi connectivity index (χ0n) is 9.55. The van der Waals surface area contributed by atoms with Crippen LogP contribution < -0.4 is 4.72 Å². The van der Waals surface area contributed by atoms with E-state index in [4.69, 9.17) is 0 Å². The quantitative estimate of drug-likeness (QED) is 0.925. The molecule has 0 aromatic carbocycles. The van der Waals surface area contributed by atoms with Gasteiger partial charge in [-0.1, -0.05) is 0 Å². The summed E-state index contributed by atoms with van der Waals surface area (Å²) in [7, 11) is -3.51. The third-order valence-corrected chi connectivity index (χ3v) is 5.03. The Labute approximate surface area is 118 Å². The first-order valence-electron chi connectivity index (χ1n) is 5.13. The van der Waals surface area contributed by atoms with Gasteiger partial charge in [0.15, 0.2) is 0 Å². The summed E-state index contributed by atoms with van der Waals surface area (Å²) in [5, 5.41) is 0. The molecule has 2 aromatic rings. The van der Waals surface area contributed by atoms with Gasteiger partial charge in [0.25, 0.3) is 0 Å². The van der Waals surface area contributed by atoms with Gasteiger partial charge in [-0.2, -0.15) is 0 Å². The molecule has 0 atom stereocenters. The van der Waals surface area contributed by atoms with Crippen LogP contribution in [-0.2, 0) is 16.6 Å². The van der Waals surface area contributed by atoms with E-state index in [-0.39, 0.29) is 4.90 Å². The largest absolute Gasteiger partial charge is 0.262 e. The summed E-state index contributed by atoms with van der Waals surface area (Å²) in [6, 6.07) is 5.41. The van der Waals surface area contributed by atoms with Crippen molar-refractivity contribution in [1.29, 1.82) is 0 Å². The number of pyridine rings is 1. The highest BCUT2D eigenvalue weighted by molar-refractivity contribution is 9.10. The van der Waals surface area contributed by atoms with Crippen molar-refractivity contribution >= 4 is 37.3 Å². The number of hydrogen-bond donors (Lipinski definition) is 1. The molecule has 2 aromatic heterocycles. The van der Waals surface area contributed by atoms with Crippen LogP contribution >= 0.6 is 27.3 Å². The van der Waals surface area contributed by atoms with Crippen molar-refractivity contribution in [3.63, 3.8) is 0 Å². The first-order chi connectivity index (χ1) is 8.47. The molecule has 0 aliphatic carbocycles. The Hall–Kier alpha value is -0.760. The molecule has 18 heavy (non-hydrogen) atoms. The van der Waals surface area contributed by atoms with E-state index < -0.39 is 10.0 Å². The van der Waals surface area contributed by atoms with Crippen LogP contribution in [0, 0.1) is 6.92 Å². The standard InChI is InChI=1S/C11H11BrN2O2S2/c1-8-2-3-10(17-8)6-14-18(15,16)11-4-9(12)5-13-7-11/h2-5,7,14H,6H2,1H3. The fourth-order valence-corrected chi connectivity index (χ4v) is 3.80. The van der Waals surface area contributed by atoms with Crippen LogP contribution in [0.25, 0.3) is 0 Å². The Morgan fingerprint density at radius 1 is 1.39 bits per heavy atom. The molecular weight excluding hydrogens is 336 g/mol. The third kappa shape index (κ3) is 3.38. The van der Waals surface area contributed by atoms with Gasteiger partial charge in [-0.25, -0.2) is 13.1 Å². The van der Waals surface area contributed by atoms with E-state index in [2.05, 4.69) is 25.6 Å². The fourth-order valence-electron chi connectivity index (χ4n) is 1.37. The maximum absolute atomic E-state index is 12.0. The van der Waals surface area contributed by atoms with Gasteiger partial charge in [0, 0.05) is 33.2 Å². The van der Waals surface area contributed by atoms with Gasteiger partial charge in [-0.15, -0.1) is 11.3 Å². The first kappa shape index (κ1) is 13.7. The van der Waals surface area contributed by atoms with Gasteiger partial charge >= 0.3 is 0 Å². The smallest absolute Gasteiger partial charge is 0.242 e. The summed E-state index contributed by atoms with van der Waals surface area (Å²) >= 11 is 4.78. The number of nitrogens with one attached hydrogen (secondary N) is 1. The summed E-state index contributed by atoms with van der Waals surface area (Å²) in [5.74, 6) is 0. The number of thiophene rings is 1. The Morgan fingerprint density at radius 3 is 2.78 bits per heavy atom. The number of aryl methyl sites for hydroxylation is 1. The minimum absolute atomic E-state index is 0.158. The van der Waals surface area contributed by atoms with E-state index in [9.17, 15) is 8.42 Å². The molecule has 4 nitrogen and oxygen atoms in total. The molecule has 0 spiro atoms. The predicted molar refractivity (Wildman–Crippen MR) is 75.0 cm³/mol. The van der Waals surface area contributed by atoms with Crippen LogP contribution in [-0.4, -0.2) is 13.4 Å². The van der Waals surface area contributed by atoms with E-state index in [1.807, 2.05) is 19.1 Å². The van der Waals surface area contributed by atoms with E-state index >= 15 is 0 Å². The summed E-state index contributed by atoms with van der Waals surface area (Å²) in [5.41, 5.74) is 0. The van der Waals surface area contributed by atoms with E-state index in [0.717, 1.165) is 9.75 Å². The maximum atomic E-state index is 12.0. The average molecular weight is 347 g/mol. The molecule has 0 bridgehead atoms. The lowest BCUT2D eigenvalue weighted by Crippen LogP contribution is -2.22. The van der Waals surface area contributed by atoms with Gasteiger partial charge in [0.2, 0.25) is 10.0 Å². The zero-order chi connectivity index (χ0) is 13.2. The summed E-state index contributed by atoms with van der Waals surface area (Å²) < 4.78 is 27.2.